The van der Waals surface area contributed by atoms with Crippen LogP contribution < -0.4 is 10.6 Å². The summed E-state index contributed by atoms with van der Waals surface area (Å²) in [6, 6.07) is 9.59. The van der Waals surface area contributed by atoms with Crippen LogP contribution in [0.15, 0.2) is 30.3 Å². The van der Waals surface area contributed by atoms with E-state index in [0.29, 0.717) is 18.9 Å². The fourth-order valence-corrected chi connectivity index (χ4v) is 2.40. The Morgan fingerprint density at radius 2 is 1.73 bits per heavy atom. The molecule has 1 aromatic rings. The molecule has 1 aromatic carbocycles. The first-order chi connectivity index (χ1) is 10.3. The SMILES string of the molecule is CNC(C)(C)[C@@H](CC(C)C)C(=O)C(=O)NCc1ccccc1. The molecule has 0 aliphatic rings. The van der Waals surface area contributed by atoms with Gasteiger partial charge in [-0.25, -0.2) is 0 Å². The van der Waals surface area contributed by atoms with Crippen LogP contribution in [0, 0.1) is 11.8 Å². The second-order valence-corrected chi connectivity index (χ2v) is 6.69. The predicted molar refractivity (Wildman–Crippen MR) is 89.4 cm³/mol. The molecule has 0 saturated carbocycles. The van der Waals surface area contributed by atoms with Gasteiger partial charge in [-0.05, 0) is 38.8 Å². The molecule has 0 saturated heterocycles. The summed E-state index contributed by atoms with van der Waals surface area (Å²) in [5.41, 5.74) is 0.572. The minimum Gasteiger partial charge on any atom is -0.345 e. The Morgan fingerprint density at radius 1 is 1.14 bits per heavy atom. The van der Waals surface area contributed by atoms with Crippen molar-refractivity contribution in [2.75, 3.05) is 7.05 Å². The molecule has 0 aliphatic carbocycles. The highest BCUT2D eigenvalue weighted by Gasteiger charge is 2.37. The van der Waals surface area contributed by atoms with Gasteiger partial charge in [0.25, 0.3) is 5.91 Å². The topological polar surface area (TPSA) is 58.2 Å². The number of hydrogen-bond donors (Lipinski definition) is 2. The molecule has 0 aromatic heterocycles. The highest BCUT2D eigenvalue weighted by atomic mass is 16.2. The first-order valence-electron chi connectivity index (χ1n) is 7.82. The van der Waals surface area contributed by atoms with Crippen molar-refractivity contribution < 1.29 is 9.59 Å². The van der Waals surface area contributed by atoms with Crippen LogP contribution in [0.25, 0.3) is 0 Å². The van der Waals surface area contributed by atoms with Crippen LogP contribution in [-0.4, -0.2) is 24.3 Å². The first kappa shape index (κ1) is 18.4. The molecule has 0 aliphatic heterocycles. The average molecular weight is 304 g/mol. The van der Waals surface area contributed by atoms with Gasteiger partial charge in [0.1, 0.15) is 0 Å². The molecule has 0 unspecified atom stereocenters. The summed E-state index contributed by atoms with van der Waals surface area (Å²) in [6.45, 7) is 8.42. The third-order valence-electron chi connectivity index (χ3n) is 4.06. The van der Waals surface area contributed by atoms with Crippen molar-refractivity contribution in [3.05, 3.63) is 35.9 Å². The molecule has 2 N–H and O–H groups in total. The molecular weight excluding hydrogens is 276 g/mol. The number of carbonyl (C=O) groups is 2. The third-order valence-corrected chi connectivity index (χ3v) is 4.06. The van der Waals surface area contributed by atoms with Crippen LogP contribution >= 0.6 is 0 Å². The standard InChI is InChI=1S/C18H28N2O2/c1-13(2)11-15(18(3,4)19-5)16(21)17(22)20-12-14-9-7-6-8-10-14/h6-10,13,15,19H,11-12H2,1-5H3,(H,20,22)/t15-/m0/s1. The molecule has 1 amide bonds. The van der Waals surface area contributed by atoms with Gasteiger partial charge in [0.15, 0.2) is 0 Å². The molecule has 0 bridgehead atoms. The molecule has 0 fully saturated rings. The highest BCUT2D eigenvalue weighted by molar-refractivity contribution is 6.37. The van der Waals surface area contributed by atoms with Crippen LogP contribution in [0.3, 0.4) is 0 Å². The lowest BCUT2D eigenvalue weighted by molar-refractivity contribution is -0.142. The zero-order chi connectivity index (χ0) is 16.8. The monoisotopic (exact) mass is 304 g/mol. The summed E-state index contributed by atoms with van der Waals surface area (Å²) in [6.07, 6.45) is 0.686. The number of rotatable bonds is 8. The number of Topliss-reactive ketones (excluding diaryl/α,β-unsaturated/α-hetero) is 1. The van der Waals surface area contributed by atoms with Gasteiger partial charge >= 0.3 is 0 Å². The minimum absolute atomic E-state index is 0.340. The maximum Gasteiger partial charge on any atom is 0.288 e. The third kappa shape index (κ3) is 5.26. The molecule has 122 valence electrons. The zero-order valence-corrected chi connectivity index (χ0v) is 14.3. The summed E-state index contributed by atoms with van der Waals surface area (Å²) in [5.74, 6) is -0.835. The van der Waals surface area contributed by atoms with Crippen molar-refractivity contribution in [3.8, 4) is 0 Å². The van der Waals surface area contributed by atoms with Crippen molar-refractivity contribution in [1.82, 2.24) is 10.6 Å². The second-order valence-electron chi connectivity index (χ2n) is 6.69. The number of amides is 1. The molecule has 1 atom stereocenters. The van der Waals surface area contributed by atoms with E-state index >= 15 is 0 Å². The van der Waals surface area contributed by atoms with Gasteiger partial charge in [-0.1, -0.05) is 44.2 Å². The summed E-state index contributed by atoms with van der Waals surface area (Å²) < 4.78 is 0. The van der Waals surface area contributed by atoms with Gasteiger partial charge in [0, 0.05) is 18.0 Å². The van der Waals surface area contributed by atoms with Crippen molar-refractivity contribution in [1.29, 1.82) is 0 Å². The minimum atomic E-state index is -0.502. The maximum atomic E-state index is 12.6. The van der Waals surface area contributed by atoms with Gasteiger partial charge in [-0.2, -0.15) is 0 Å². The Hall–Kier alpha value is -1.68. The fraction of sp³-hybridized carbons (Fsp3) is 0.556. The summed E-state index contributed by atoms with van der Waals surface area (Å²) in [4.78, 5) is 24.8. The molecule has 4 nitrogen and oxygen atoms in total. The number of nitrogens with one attached hydrogen (secondary N) is 2. The lowest BCUT2D eigenvalue weighted by Gasteiger charge is -2.33. The smallest absolute Gasteiger partial charge is 0.288 e. The summed E-state index contributed by atoms with van der Waals surface area (Å²) in [7, 11) is 1.82. The maximum absolute atomic E-state index is 12.6. The van der Waals surface area contributed by atoms with E-state index in [0.717, 1.165) is 5.56 Å². The van der Waals surface area contributed by atoms with Crippen LogP contribution in [-0.2, 0) is 16.1 Å². The predicted octanol–water partition coefficient (Wildman–Crippen LogP) is 2.53. The van der Waals surface area contributed by atoms with E-state index in [-0.39, 0.29) is 11.7 Å². The van der Waals surface area contributed by atoms with Crippen molar-refractivity contribution in [3.63, 3.8) is 0 Å². The Morgan fingerprint density at radius 3 is 2.23 bits per heavy atom. The van der Waals surface area contributed by atoms with E-state index in [1.54, 1.807) is 0 Å². The fourth-order valence-electron chi connectivity index (χ4n) is 2.40. The van der Waals surface area contributed by atoms with E-state index in [2.05, 4.69) is 24.5 Å². The quantitative estimate of drug-likeness (QED) is 0.726. The summed E-state index contributed by atoms with van der Waals surface area (Å²) in [5, 5.41) is 5.89. The van der Waals surface area contributed by atoms with Gasteiger partial charge in [0.05, 0.1) is 0 Å². The molecule has 0 spiro atoms. The Labute approximate surface area is 133 Å². The van der Waals surface area contributed by atoms with E-state index in [1.165, 1.54) is 0 Å². The number of hydrogen-bond acceptors (Lipinski definition) is 3. The Bertz CT molecular complexity index is 495. The molecule has 0 heterocycles. The number of carbonyl (C=O) groups excluding carboxylic acids is 2. The van der Waals surface area contributed by atoms with E-state index in [1.807, 2.05) is 51.2 Å². The van der Waals surface area contributed by atoms with Crippen LogP contribution in [0.2, 0.25) is 0 Å². The Balaban J connectivity index is 2.74. The van der Waals surface area contributed by atoms with E-state index < -0.39 is 11.4 Å². The van der Waals surface area contributed by atoms with Crippen LogP contribution in [0.5, 0.6) is 0 Å². The van der Waals surface area contributed by atoms with Crippen molar-refractivity contribution in [2.45, 2.75) is 46.2 Å². The first-order valence-corrected chi connectivity index (χ1v) is 7.82. The second kappa shape index (κ2) is 8.08. The lowest BCUT2D eigenvalue weighted by atomic mass is 9.78. The van der Waals surface area contributed by atoms with E-state index in [9.17, 15) is 9.59 Å². The molecule has 4 heteroatoms. The lowest BCUT2D eigenvalue weighted by Crippen LogP contribution is -2.51. The van der Waals surface area contributed by atoms with Crippen molar-refractivity contribution >= 4 is 11.7 Å². The molecular formula is C18H28N2O2. The molecule has 0 radical (unpaired) electrons. The van der Waals surface area contributed by atoms with Gasteiger partial charge < -0.3 is 10.6 Å². The highest BCUT2D eigenvalue weighted by Crippen LogP contribution is 2.25. The van der Waals surface area contributed by atoms with Crippen molar-refractivity contribution in [2.24, 2.45) is 11.8 Å². The molecule has 1 rings (SSSR count). The molecule has 22 heavy (non-hydrogen) atoms. The van der Waals surface area contributed by atoms with Gasteiger partial charge in [-0.3, -0.25) is 9.59 Å². The van der Waals surface area contributed by atoms with Crippen LogP contribution in [0.4, 0.5) is 0 Å². The van der Waals surface area contributed by atoms with Gasteiger partial charge in [0.2, 0.25) is 5.78 Å². The van der Waals surface area contributed by atoms with E-state index in [4.69, 9.17) is 0 Å². The number of benzene rings is 1. The Kier molecular flexibility index (Phi) is 6.75. The van der Waals surface area contributed by atoms with Gasteiger partial charge in [-0.15, -0.1) is 0 Å². The summed E-state index contributed by atoms with van der Waals surface area (Å²) >= 11 is 0. The zero-order valence-electron chi connectivity index (χ0n) is 14.3. The van der Waals surface area contributed by atoms with Crippen LogP contribution in [0.1, 0.15) is 39.7 Å². The average Bonchev–Trinajstić information content (AvgIpc) is 2.50. The number of ketones is 1. The largest absolute Gasteiger partial charge is 0.345 e. The normalized spacial score (nSPS) is 13.0.